The molecule has 0 atom stereocenters. The molecule has 6 nitrogen and oxygen atoms in total. The van der Waals surface area contributed by atoms with Crippen molar-refractivity contribution in [2.24, 2.45) is 0 Å². The molecule has 10 heteroatoms. The first-order valence-corrected chi connectivity index (χ1v) is 9.68. The molecule has 28 heavy (non-hydrogen) atoms. The maximum atomic E-state index is 12.9. The van der Waals surface area contributed by atoms with Gasteiger partial charge in [-0.05, 0) is 41.8 Å². The lowest BCUT2D eigenvalue weighted by atomic mass is 10.0. The second kappa shape index (κ2) is 7.51. The zero-order valence-corrected chi connectivity index (χ0v) is 15.9. The Hall–Kier alpha value is -2.46. The van der Waals surface area contributed by atoms with Crippen molar-refractivity contribution in [2.45, 2.75) is 24.2 Å². The van der Waals surface area contributed by atoms with E-state index in [1.54, 1.807) is 12.1 Å². The minimum absolute atomic E-state index is 0.0718. The van der Waals surface area contributed by atoms with Crippen LogP contribution in [0, 0.1) is 0 Å². The van der Waals surface area contributed by atoms with Crippen molar-refractivity contribution < 1.29 is 35.8 Å². The molecule has 0 fully saturated rings. The summed E-state index contributed by atoms with van der Waals surface area (Å²) in [6.07, 6.45) is -4.46. The SMILES string of the molecule is COc1cc2c(cc1OC)CN(S(=O)(=O)c1cccc(OC(F)(F)F)c1)CC2. The molecule has 0 aliphatic carbocycles. The van der Waals surface area contributed by atoms with Gasteiger partial charge in [0.25, 0.3) is 0 Å². The zero-order chi connectivity index (χ0) is 20.5. The Morgan fingerprint density at radius 2 is 1.64 bits per heavy atom. The number of rotatable bonds is 5. The molecule has 3 rings (SSSR count). The van der Waals surface area contributed by atoms with Gasteiger partial charge in [0.1, 0.15) is 5.75 Å². The van der Waals surface area contributed by atoms with E-state index in [9.17, 15) is 21.6 Å². The number of hydrogen-bond donors (Lipinski definition) is 0. The van der Waals surface area contributed by atoms with Crippen molar-refractivity contribution in [2.75, 3.05) is 20.8 Å². The Labute approximate surface area is 160 Å². The van der Waals surface area contributed by atoms with Crippen molar-refractivity contribution in [1.82, 2.24) is 4.31 Å². The smallest absolute Gasteiger partial charge is 0.493 e. The highest BCUT2D eigenvalue weighted by molar-refractivity contribution is 7.89. The van der Waals surface area contributed by atoms with E-state index in [-0.39, 0.29) is 18.0 Å². The number of fused-ring (bicyclic) bond motifs is 1. The normalized spacial score (nSPS) is 15.0. The standard InChI is InChI=1S/C18H18F3NO5S/c1-25-16-8-12-6-7-22(11-13(12)9-17(16)26-2)28(23,24)15-5-3-4-14(10-15)27-18(19,20)21/h3-5,8-10H,6-7,11H2,1-2H3. The lowest BCUT2D eigenvalue weighted by molar-refractivity contribution is -0.274. The van der Waals surface area contributed by atoms with Gasteiger partial charge in [-0.1, -0.05) is 6.07 Å². The van der Waals surface area contributed by atoms with E-state index in [0.29, 0.717) is 17.9 Å². The molecule has 0 N–H and O–H groups in total. The molecule has 1 heterocycles. The van der Waals surface area contributed by atoms with Crippen molar-refractivity contribution in [3.63, 3.8) is 0 Å². The van der Waals surface area contributed by atoms with Crippen molar-refractivity contribution in [3.8, 4) is 17.2 Å². The Bertz CT molecular complexity index is 976. The van der Waals surface area contributed by atoms with Gasteiger partial charge < -0.3 is 14.2 Å². The van der Waals surface area contributed by atoms with E-state index in [2.05, 4.69) is 4.74 Å². The lowest BCUT2D eigenvalue weighted by Gasteiger charge is -2.29. The zero-order valence-electron chi connectivity index (χ0n) is 15.1. The lowest BCUT2D eigenvalue weighted by Crippen LogP contribution is -2.36. The van der Waals surface area contributed by atoms with Crippen LogP contribution in [-0.4, -0.2) is 39.8 Å². The number of alkyl halides is 3. The van der Waals surface area contributed by atoms with Gasteiger partial charge in [0, 0.05) is 19.2 Å². The molecule has 1 aliphatic heterocycles. The summed E-state index contributed by atoms with van der Waals surface area (Å²) in [5.74, 6) is 0.438. The second-order valence-electron chi connectivity index (χ2n) is 6.09. The highest BCUT2D eigenvalue weighted by atomic mass is 32.2. The molecule has 0 radical (unpaired) electrons. The summed E-state index contributed by atoms with van der Waals surface area (Å²) in [7, 11) is -1.01. The van der Waals surface area contributed by atoms with Crippen LogP contribution in [0.3, 0.4) is 0 Å². The Balaban J connectivity index is 1.89. The Kier molecular flexibility index (Phi) is 5.44. The molecule has 0 unspecified atom stereocenters. The summed E-state index contributed by atoms with van der Waals surface area (Å²) in [6, 6.07) is 7.87. The molecule has 0 spiro atoms. The van der Waals surface area contributed by atoms with E-state index < -0.39 is 22.1 Å². The molecule has 0 bridgehead atoms. The van der Waals surface area contributed by atoms with Crippen LogP contribution in [0.1, 0.15) is 11.1 Å². The Morgan fingerprint density at radius 1 is 1.00 bits per heavy atom. The number of sulfonamides is 1. The number of benzene rings is 2. The molecule has 152 valence electrons. The quantitative estimate of drug-likeness (QED) is 0.747. The molecule has 0 saturated heterocycles. The van der Waals surface area contributed by atoms with Gasteiger partial charge in [0.2, 0.25) is 10.0 Å². The topological polar surface area (TPSA) is 65.1 Å². The van der Waals surface area contributed by atoms with Crippen molar-refractivity contribution >= 4 is 10.0 Å². The number of halogens is 3. The summed E-state index contributed by atoms with van der Waals surface area (Å²) in [6.45, 7) is 0.261. The monoisotopic (exact) mass is 417 g/mol. The molecule has 2 aromatic carbocycles. The van der Waals surface area contributed by atoms with Gasteiger partial charge in [-0.25, -0.2) is 8.42 Å². The third-order valence-corrected chi connectivity index (χ3v) is 6.20. The van der Waals surface area contributed by atoms with Crippen LogP contribution in [-0.2, 0) is 23.0 Å². The average Bonchev–Trinajstić information content (AvgIpc) is 2.65. The number of nitrogens with zero attached hydrogens (tertiary/aromatic N) is 1. The van der Waals surface area contributed by atoms with Gasteiger partial charge in [0.15, 0.2) is 11.5 Å². The number of ether oxygens (including phenoxy) is 3. The van der Waals surface area contributed by atoms with Crippen LogP contribution in [0.4, 0.5) is 13.2 Å². The third-order valence-electron chi connectivity index (χ3n) is 4.36. The fourth-order valence-electron chi connectivity index (χ4n) is 3.04. The fourth-order valence-corrected chi connectivity index (χ4v) is 4.50. The summed E-state index contributed by atoms with van der Waals surface area (Å²) in [5, 5.41) is 0. The van der Waals surface area contributed by atoms with Gasteiger partial charge in [0.05, 0.1) is 19.1 Å². The van der Waals surface area contributed by atoms with Crippen LogP contribution in [0.2, 0.25) is 0 Å². The molecular weight excluding hydrogens is 399 g/mol. The highest BCUT2D eigenvalue weighted by Crippen LogP contribution is 2.35. The Morgan fingerprint density at radius 3 is 2.25 bits per heavy atom. The number of methoxy groups -OCH3 is 2. The van der Waals surface area contributed by atoms with Crippen molar-refractivity contribution in [3.05, 3.63) is 47.5 Å². The van der Waals surface area contributed by atoms with Crippen LogP contribution >= 0.6 is 0 Å². The molecule has 2 aromatic rings. The second-order valence-corrected chi connectivity index (χ2v) is 8.03. The fraction of sp³-hybridized carbons (Fsp3) is 0.333. The van der Waals surface area contributed by atoms with Crippen LogP contribution in [0.5, 0.6) is 17.2 Å². The first-order chi connectivity index (χ1) is 13.1. The molecule has 0 aromatic heterocycles. The van der Waals surface area contributed by atoms with Gasteiger partial charge in [-0.2, -0.15) is 4.31 Å². The first kappa shape index (κ1) is 20.3. The minimum Gasteiger partial charge on any atom is -0.493 e. The summed E-state index contributed by atoms with van der Waals surface area (Å²) < 4.78 is 78.7. The van der Waals surface area contributed by atoms with E-state index in [1.807, 2.05) is 0 Å². The molecule has 0 amide bonds. The van der Waals surface area contributed by atoms with E-state index >= 15 is 0 Å². The predicted octanol–water partition coefficient (Wildman–Crippen LogP) is 3.35. The third kappa shape index (κ3) is 4.17. The summed E-state index contributed by atoms with van der Waals surface area (Å²) >= 11 is 0. The van der Waals surface area contributed by atoms with Crippen molar-refractivity contribution in [1.29, 1.82) is 0 Å². The highest BCUT2D eigenvalue weighted by Gasteiger charge is 2.33. The first-order valence-electron chi connectivity index (χ1n) is 8.24. The molecular formula is C18H18F3NO5S. The van der Waals surface area contributed by atoms with Crippen LogP contribution < -0.4 is 14.2 Å². The van der Waals surface area contributed by atoms with Gasteiger partial charge in [-0.3, -0.25) is 0 Å². The van der Waals surface area contributed by atoms with Crippen LogP contribution in [0.25, 0.3) is 0 Å². The maximum Gasteiger partial charge on any atom is 0.573 e. The number of hydrogen-bond acceptors (Lipinski definition) is 5. The van der Waals surface area contributed by atoms with Crippen LogP contribution in [0.15, 0.2) is 41.3 Å². The summed E-state index contributed by atoms with van der Waals surface area (Å²) in [5.41, 5.74) is 1.67. The maximum absolute atomic E-state index is 12.9. The minimum atomic E-state index is -4.90. The van der Waals surface area contributed by atoms with E-state index in [4.69, 9.17) is 9.47 Å². The van der Waals surface area contributed by atoms with Gasteiger partial charge >= 0.3 is 6.36 Å². The summed E-state index contributed by atoms with van der Waals surface area (Å²) in [4.78, 5) is -0.266. The molecule has 1 aliphatic rings. The van der Waals surface area contributed by atoms with E-state index in [0.717, 1.165) is 23.3 Å². The average molecular weight is 417 g/mol. The van der Waals surface area contributed by atoms with E-state index in [1.165, 1.54) is 30.7 Å². The largest absolute Gasteiger partial charge is 0.573 e. The molecule has 0 saturated carbocycles. The van der Waals surface area contributed by atoms with Gasteiger partial charge in [-0.15, -0.1) is 13.2 Å². The predicted molar refractivity (Wildman–Crippen MR) is 94.0 cm³/mol.